The van der Waals surface area contributed by atoms with E-state index in [9.17, 15) is 4.79 Å². The summed E-state index contributed by atoms with van der Waals surface area (Å²) in [5.74, 6) is -1.85. The third-order valence-corrected chi connectivity index (χ3v) is 8.63. The number of para-hydroxylation sites is 1. The van der Waals surface area contributed by atoms with Crippen molar-refractivity contribution in [3.63, 3.8) is 0 Å². The molecule has 9 heteroatoms. The van der Waals surface area contributed by atoms with Gasteiger partial charge >= 0.3 is 18.0 Å². The van der Waals surface area contributed by atoms with Crippen molar-refractivity contribution < 1.29 is 29.3 Å². The molecule has 0 radical (unpaired) electrons. The van der Waals surface area contributed by atoms with E-state index in [1.807, 2.05) is 0 Å². The Labute approximate surface area is 232 Å². The number of carbonyl (C=O) groups is 3. The van der Waals surface area contributed by atoms with E-state index in [1.165, 1.54) is 81.3 Å². The van der Waals surface area contributed by atoms with Crippen molar-refractivity contribution in [3.05, 3.63) is 29.3 Å². The monoisotopic (exact) mass is 543 g/mol. The number of carboxylic acid groups (broad SMARTS) is 2. The molecule has 0 bridgehead atoms. The van der Waals surface area contributed by atoms with Gasteiger partial charge in [-0.05, 0) is 89.1 Å². The molecule has 2 amide bonds. The minimum atomic E-state index is -1.82. The number of carboxylic acids is 2. The quantitative estimate of drug-likeness (QED) is 0.382. The highest BCUT2D eigenvalue weighted by Crippen LogP contribution is 2.43. The lowest BCUT2D eigenvalue weighted by atomic mass is 9.87. The number of likely N-dealkylation sites (tertiary alicyclic amines) is 1. The summed E-state index contributed by atoms with van der Waals surface area (Å²) < 4.78 is 6.34. The number of fused-ring (bicyclic) bond motifs is 1. The molecule has 3 heterocycles. The Morgan fingerprint density at radius 2 is 1.59 bits per heavy atom. The Hall–Kier alpha value is -2.81. The molecule has 0 aromatic heterocycles. The van der Waals surface area contributed by atoms with Crippen LogP contribution < -0.4 is 4.74 Å². The molecular weight excluding hydrogens is 498 g/mol. The highest BCUT2D eigenvalue weighted by molar-refractivity contribution is 6.27. The molecule has 4 aliphatic rings. The average Bonchev–Trinajstić information content (AvgIpc) is 3.45. The summed E-state index contributed by atoms with van der Waals surface area (Å²) >= 11 is 0. The van der Waals surface area contributed by atoms with Crippen LogP contribution in [0.1, 0.15) is 88.7 Å². The molecule has 1 saturated carbocycles. The summed E-state index contributed by atoms with van der Waals surface area (Å²) in [7, 11) is 0. The number of carbonyl (C=O) groups excluding carboxylic acids is 1. The summed E-state index contributed by atoms with van der Waals surface area (Å²) in [6, 6.07) is 7.58. The number of hydrogen-bond acceptors (Lipinski definition) is 5. The molecule has 2 N–H and O–H groups in total. The van der Waals surface area contributed by atoms with Gasteiger partial charge in [-0.3, -0.25) is 0 Å². The number of amides is 2. The maximum Gasteiger partial charge on any atom is 0.414 e. The molecule has 3 fully saturated rings. The van der Waals surface area contributed by atoms with Crippen molar-refractivity contribution >= 4 is 18.0 Å². The number of aliphatic carboxylic acids is 2. The fraction of sp³-hybridized carbons (Fsp3) is 0.700. The Morgan fingerprint density at radius 1 is 0.923 bits per heavy atom. The van der Waals surface area contributed by atoms with Gasteiger partial charge in [0, 0.05) is 32.1 Å². The van der Waals surface area contributed by atoms with Crippen LogP contribution in [0.3, 0.4) is 0 Å². The van der Waals surface area contributed by atoms with Crippen LogP contribution in [0.15, 0.2) is 18.2 Å². The van der Waals surface area contributed by atoms with Crippen LogP contribution in [0.2, 0.25) is 0 Å². The van der Waals surface area contributed by atoms with Crippen LogP contribution in [0.4, 0.5) is 4.79 Å². The number of rotatable bonds is 7. The molecule has 1 aromatic rings. The van der Waals surface area contributed by atoms with E-state index in [0.29, 0.717) is 18.0 Å². The first-order valence-corrected chi connectivity index (χ1v) is 14.7. The van der Waals surface area contributed by atoms with E-state index < -0.39 is 11.9 Å². The summed E-state index contributed by atoms with van der Waals surface area (Å²) in [5, 5.41) is 14.8. The van der Waals surface area contributed by atoms with Gasteiger partial charge in [0.25, 0.3) is 0 Å². The number of nitrogens with zero attached hydrogens (tertiary/aromatic N) is 3. The van der Waals surface area contributed by atoms with Gasteiger partial charge in [-0.15, -0.1) is 0 Å². The number of benzene rings is 1. The van der Waals surface area contributed by atoms with Crippen molar-refractivity contribution in [2.45, 2.75) is 95.6 Å². The smallest absolute Gasteiger partial charge is 0.414 e. The molecule has 5 rings (SSSR count). The second kappa shape index (κ2) is 13.0. The van der Waals surface area contributed by atoms with E-state index in [2.05, 4.69) is 46.7 Å². The number of ether oxygens (including phenoxy) is 1. The first-order valence-electron chi connectivity index (χ1n) is 14.7. The van der Waals surface area contributed by atoms with Crippen molar-refractivity contribution in [2.75, 3.05) is 39.3 Å². The van der Waals surface area contributed by atoms with Gasteiger partial charge in [0.1, 0.15) is 11.4 Å². The third kappa shape index (κ3) is 7.65. The Bertz CT molecular complexity index is 1000. The van der Waals surface area contributed by atoms with Crippen molar-refractivity contribution in [2.24, 2.45) is 0 Å². The van der Waals surface area contributed by atoms with Crippen LogP contribution in [0.25, 0.3) is 0 Å². The molecule has 216 valence electrons. The SMILES string of the molecule is CC1(C)Cc2cccc(C3CCN(CCCCN4CCN(C5CCCCC5)C4=O)CC3)c2O1.O=C(O)C(=O)O. The molecular formula is C30H45N3O6. The number of unbranched alkanes of at least 4 members (excludes halogenated alkanes) is 1. The van der Waals surface area contributed by atoms with Gasteiger partial charge in [-0.2, -0.15) is 0 Å². The van der Waals surface area contributed by atoms with Crippen LogP contribution in [0.5, 0.6) is 5.75 Å². The van der Waals surface area contributed by atoms with E-state index >= 15 is 0 Å². The Balaban J connectivity index is 0.000000531. The predicted molar refractivity (Wildman–Crippen MR) is 148 cm³/mol. The first kappa shape index (κ1) is 29.2. The van der Waals surface area contributed by atoms with Crippen LogP contribution in [-0.2, 0) is 16.0 Å². The maximum atomic E-state index is 12.8. The van der Waals surface area contributed by atoms with Crippen molar-refractivity contribution in [1.82, 2.24) is 14.7 Å². The van der Waals surface area contributed by atoms with E-state index in [-0.39, 0.29) is 5.60 Å². The Morgan fingerprint density at radius 3 is 2.26 bits per heavy atom. The summed E-state index contributed by atoms with van der Waals surface area (Å²) in [4.78, 5) is 37.9. The first-order chi connectivity index (χ1) is 18.6. The highest BCUT2D eigenvalue weighted by atomic mass is 16.5. The molecule has 1 aliphatic carbocycles. The lowest BCUT2D eigenvalue weighted by molar-refractivity contribution is -0.159. The lowest BCUT2D eigenvalue weighted by Crippen LogP contribution is -2.40. The van der Waals surface area contributed by atoms with Gasteiger partial charge in [-0.1, -0.05) is 37.5 Å². The normalized spacial score (nSPS) is 21.7. The van der Waals surface area contributed by atoms with Crippen molar-refractivity contribution in [3.8, 4) is 5.75 Å². The molecule has 3 aliphatic heterocycles. The zero-order valence-electron chi connectivity index (χ0n) is 23.6. The summed E-state index contributed by atoms with van der Waals surface area (Å²) in [6.07, 6.45) is 12.1. The lowest BCUT2D eigenvalue weighted by Gasteiger charge is -2.33. The van der Waals surface area contributed by atoms with Crippen molar-refractivity contribution in [1.29, 1.82) is 0 Å². The van der Waals surface area contributed by atoms with Gasteiger partial charge < -0.3 is 29.6 Å². The second-order valence-corrected chi connectivity index (χ2v) is 12.1. The number of piperidine rings is 1. The zero-order chi connectivity index (χ0) is 28.0. The maximum absolute atomic E-state index is 12.8. The van der Waals surface area contributed by atoms with E-state index in [4.69, 9.17) is 24.5 Å². The largest absolute Gasteiger partial charge is 0.487 e. The average molecular weight is 544 g/mol. The van der Waals surface area contributed by atoms with Gasteiger partial charge in [0.15, 0.2) is 0 Å². The molecule has 0 spiro atoms. The second-order valence-electron chi connectivity index (χ2n) is 12.1. The van der Waals surface area contributed by atoms with E-state index in [1.54, 1.807) is 0 Å². The fourth-order valence-corrected chi connectivity index (χ4v) is 6.61. The molecule has 39 heavy (non-hydrogen) atoms. The standard InChI is InChI=1S/C28H43N3O2.C2H2O4/c1-28(2)21-23-9-8-12-25(26(23)33-28)22-13-17-29(18-14-22)15-6-7-16-30-19-20-31(27(30)32)24-10-4-3-5-11-24;3-1(4)2(5)6/h8-9,12,22,24H,3-7,10-11,13-21H2,1-2H3;(H,3,4)(H,5,6). The van der Waals surface area contributed by atoms with E-state index in [0.717, 1.165) is 39.0 Å². The third-order valence-electron chi connectivity index (χ3n) is 8.63. The summed E-state index contributed by atoms with van der Waals surface area (Å²) in [6.45, 7) is 10.7. The predicted octanol–water partition coefficient (Wildman–Crippen LogP) is 4.59. The minimum absolute atomic E-state index is 0.0662. The molecule has 0 unspecified atom stereocenters. The number of hydrogen-bond donors (Lipinski definition) is 2. The van der Waals surface area contributed by atoms with Crippen LogP contribution in [-0.4, -0.2) is 93.8 Å². The highest BCUT2D eigenvalue weighted by Gasteiger charge is 2.35. The van der Waals surface area contributed by atoms with Gasteiger partial charge in [-0.25, -0.2) is 14.4 Å². The zero-order valence-corrected chi connectivity index (χ0v) is 23.6. The minimum Gasteiger partial charge on any atom is -0.487 e. The van der Waals surface area contributed by atoms with Crippen LogP contribution >= 0.6 is 0 Å². The molecule has 2 saturated heterocycles. The fourth-order valence-electron chi connectivity index (χ4n) is 6.61. The van der Waals surface area contributed by atoms with Crippen LogP contribution in [0, 0.1) is 0 Å². The topological polar surface area (TPSA) is 111 Å². The molecule has 1 aromatic carbocycles. The molecule has 0 atom stereocenters. The summed E-state index contributed by atoms with van der Waals surface area (Å²) in [5.41, 5.74) is 2.76. The van der Waals surface area contributed by atoms with Gasteiger partial charge in [0.2, 0.25) is 0 Å². The molecule has 9 nitrogen and oxygen atoms in total. The Kier molecular flexibility index (Phi) is 9.75. The van der Waals surface area contributed by atoms with Gasteiger partial charge in [0.05, 0.1) is 0 Å². The number of urea groups is 1.